The van der Waals surface area contributed by atoms with E-state index >= 15 is 0 Å². The van der Waals surface area contributed by atoms with Gasteiger partial charge in [-0.15, -0.1) is 0 Å². The zero-order chi connectivity index (χ0) is 12.4. The van der Waals surface area contributed by atoms with Gasteiger partial charge in [-0.2, -0.15) is 0 Å². The molecule has 0 atom stereocenters. The fraction of sp³-hybridized carbons (Fsp3) is 0. The van der Waals surface area contributed by atoms with Gasteiger partial charge in [0.1, 0.15) is 0 Å². The van der Waals surface area contributed by atoms with Crippen LogP contribution in [0.3, 0.4) is 0 Å². The first-order chi connectivity index (χ1) is 8.86. The van der Waals surface area contributed by atoms with E-state index in [1.807, 2.05) is 30.3 Å². The number of aromatic nitrogens is 1. The van der Waals surface area contributed by atoms with E-state index in [0.717, 1.165) is 15.8 Å². The van der Waals surface area contributed by atoms with Gasteiger partial charge in [0, 0.05) is 0 Å². The van der Waals surface area contributed by atoms with Gasteiger partial charge in [-0.05, 0) is 23.3 Å². The number of nitrogens with zero attached hydrogens (tertiary/aromatic N) is 1. The molecule has 3 aromatic rings. The van der Waals surface area contributed by atoms with E-state index in [4.69, 9.17) is 9.68 Å². The molecule has 5 heteroatoms. The third-order valence-corrected chi connectivity index (χ3v) is 3.54. The summed E-state index contributed by atoms with van der Waals surface area (Å²) in [7, 11) is 0.649. The van der Waals surface area contributed by atoms with Gasteiger partial charge in [-0.1, -0.05) is 47.7 Å². The number of thiazole rings is 1. The Morgan fingerprint density at radius 2 is 1.89 bits per heavy atom. The van der Waals surface area contributed by atoms with Crippen molar-refractivity contribution in [3.63, 3.8) is 0 Å². The molecule has 2 aromatic carbocycles. The molecular formula is C13H9BNO2S. The minimum Gasteiger partial charge on any atom is -0.515 e. The van der Waals surface area contributed by atoms with Gasteiger partial charge in [-0.25, -0.2) is 4.98 Å². The van der Waals surface area contributed by atoms with Crippen molar-refractivity contribution in [3.8, 4) is 16.3 Å². The van der Waals surface area contributed by atoms with Gasteiger partial charge < -0.3 is 9.68 Å². The summed E-state index contributed by atoms with van der Waals surface area (Å²) in [6.45, 7) is 0. The van der Waals surface area contributed by atoms with Gasteiger partial charge in [0.25, 0.3) is 5.19 Å². The van der Waals surface area contributed by atoms with Crippen LogP contribution in [0.4, 0.5) is 0 Å². The summed E-state index contributed by atoms with van der Waals surface area (Å²) in [4.78, 5) is 4.24. The van der Waals surface area contributed by atoms with Crippen molar-refractivity contribution in [2.75, 3.05) is 0 Å². The molecule has 3 rings (SSSR count). The maximum Gasteiger partial charge on any atom is 0.571 e. The molecule has 0 bridgehead atoms. The van der Waals surface area contributed by atoms with Crippen molar-refractivity contribution in [3.05, 3.63) is 48.5 Å². The molecule has 0 aliphatic heterocycles. The van der Waals surface area contributed by atoms with Gasteiger partial charge in [0.2, 0.25) is 0 Å². The minimum absolute atomic E-state index is 0.442. The molecule has 18 heavy (non-hydrogen) atoms. The van der Waals surface area contributed by atoms with E-state index in [0.29, 0.717) is 12.9 Å². The second kappa shape index (κ2) is 4.80. The molecule has 0 aliphatic rings. The molecule has 1 N–H and O–H groups in total. The molecule has 0 unspecified atom stereocenters. The van der Waals surface area contributed by atoms with Crippen molar-refractivity contribution in [1.82, 2.24) is 4.98 Å². The van der Waals surface area contributed by atoms with E-state index in [9.17, 15) is 0 Å². The highest BCUT2D eigenvalue weighted by Crippen LogP contribution is 2.31. The minimum atomic E-state index is 0.442. The predicted octanol–water partition coefficient (Wildman–Crippen LogP) is 2.87. The zero-order valence-corrected chi connectivity index (χ0v) is 10.2. The predicted molar refractivity (Wildman–Crippen MR) is 73.7 cm³/mol. The van der Waals surface area contributed by atoms with Crippen LogP contribution < -0.4 is 4.65 Å². The molecule has 0 spiro atoms. The van der Waals surface area contributed by atoms with Crippen LogP contribution in [-0.2, 0) is 0 Å². The summed E-state index contributed by atoms with van der Waals surface area (Å²) in [5.41, 5.74) is 3.19. The van der Waals surface area contributed by atoms with Crippen molar-refractivity contribution in [1.29, 1.82) is 0 Å². The Kier molecular flexibility index (Phi) is 3.00. The molecule has 3 nitrogen and oxygen atoms in total. The lowest BCUT2D eigenvalue weighted by Gasteiger charge is -2.00. The summed E-state index contributed by atoms with van der Waals surface area (Å²) < 4.78 is 5.91. The molecule has 87 valence electrons. The average molecular weight is 254 g/mol. The topological polar surface area (TPSA) is 42.4 Å². The highest BCUT2D eigenvalue weighted by atomic mass is 32.1. The van der Waals surface area contributed by atoms with Crippen LogP contribution in [-0.4, -0.2) is 17.7 Å². The fourth-order valence-electron chi connectivity index (χ4n) is 1.81. The van der Waals surface area contributed by atoms with Gasteiger partial charge >= 0.3 is 7.69 Å². The maximum absolute atomic E-state index is 8.60. The highest BCUT2D eigenvalue weighted by molar-refractivity contribution is 7.20. The van der Waals surface area contributed by atoms with Gasteiger partial charge in [-0.3, -0.25) is 0 Å². The Morgan fingerprint density at radius 3 is 2.67 bits per heavy atom. The van der Waals surface area contributed by atoms with E-state index in [-0.39, 0.29) is 0 Å². The van der Waals surface area contributed by atoms with E-state index < -0.39 is 0 Å². The Morgan fingerprint density at radius 1 is 1.06 bits per heavy atom. The summed E-state index contributed by atoms with van der Waals surface area (Å²) in [6, 6.07) is 16.2. The Balaban J connectivity index is 2.05. The van der Waals surface area contributed by atoms with Crippen LogP contribution in [0.25, 0.3) is 21.3 Å². The Labute approximate surface area is 109 Å². The van der Waals surface area contributed by atoms with Crippen molar-refractivity contribution in [2.45, 2.75) is 0 Å². The van der Waals surface area contributed by atoms with E-state index in [1.54, 1.807) is 0 Å². The Hall–Kier alpha value is -1.85. The molecule has 0 aliphatic carbocycles. The fourth-order valence-corrected chi connectivity index (χ4v) is 2.64. The first kappa shape index (κ1) is 11.3. The zero-order valence-electron chi connectivity index (χ0n) is 9.41. The molecule has 1 radical (unpaired) electrons. The van der Waals surface area contributed by atoms with Crippen molar-refractivity contribution in [2.24, 2.45) is 0 Å². The first-order valence-electron chi connectivity index (χ1n) is 5.45. The number of rotatable bonds is 3. The number of benzene rings is 2. The van der Waals surface area contributed by atoms with Crippen LogP contribution in [0, 0.1) is 0 Å². The van der Waals surface area contributed by atoms with E-state index in [2.05, 4.69) is 23.2 Å². The van der Waals surface area contributed by atoms with Gasteiger partial charge in [0.05, 0.1) is 10.2 Å². The number of fused-ring (bicyclic) bond motifs is 1. The van der Waals surface area contributed by atoms with Crippen molar-refractivity contribution >= 4 is 29.2 Å². The summed E-state index contributed by atoms with van der Waals surface area (Å²) in [6.07, 6.45) is 0. The lowest BCUT2D eigenvalue weighted by molar-refractivity contribution is 0.452. The lowest BCUT2D eigenvalue weighted by atomic mass is 10.1. The quantitative estimate of drug-likeness (QED) is 0.731. The molecule has 1 aromatic heterocycles. The molecule has 0 saturated carbocycles. The molecule has 0 amide bonds. The highest BCUT2D eigenvalue weighted by Gasteiger charge is 2.06. The number of hydrogen-bond donors (Lipinski definition) is 1. The normalized spacial score (nSPS) is 10.5. The van der Waals surface area contributed by atoms with Crippen LogP contribution in [0.2, 0.25) is 0 Å². The van der Waals surface area contributed by atoms with E-state index in [1.165, 1.54) is 16.9 Å². The van der Waals surface area contributed by atoms with Crippen LogP contribution in [0.5, 0.6) is 5.19 Å². The second-order valence-electron chi connectivity index (χ2n) is 3.75. The number of hydrogen-bond acceptors (Lipinski definition) is 4. The molecule has 0 fully saturated rings. The lowest BCUT2D eigenvalue weighted by Crippen LogP contribution is -1.98. The summed E-state index contributed by atoms with van der Waals surface area (Å²) in [5, 5.41) is 9.04. The van der Waals surface area contributed by atoms with Crippen molar-refractivity contribution < 1.29 is 9.68 Å². The average Bonchev–Trinajstić information content (AvgIpc) is 2.81. The molecular weight excluding hydrogens is 245 g/mol. The third-order valence-electron chi connectivity index (χ3n) is 2.63. The first-order valence-corrected chi connectivity index (χ1v) is 6.27. The summed E-state index contributed by atoms with van der Waals surface area (Å²) in [5.74, 6) is 0. The van der Waals surface area contributed by atoms with Crippen LogP contribution in [0.1, 0.15) is 0 Å². The summed E-state index contributed by atoms with van der Waals surface area (Å²) >= 11 is 1.41. The monoisotopic (exact) mass is 254 g/mol. The maximum atomic E-state index is 8.60. The largest absolute Gasteiger partial charge is 0.571 e. The van der Waals surface area contributed by atoms with Crippen LogP contribution in [0.15, 0.2) is 48.5 Å². The van der Waals surface area contributed by atoms with Crippen LogP contribution >= 0.6 is 11.3 Å². The third kappa shape index (κ3) is 2.10. The van der Waals surface area contributed by atoms with Gasteiger partial charge in [0.15, 0.2) is 0 Å². The molecule has 1 heterocycles. The standard InChI is InChI=1S/C13H9BNO2S/c16-14-17-13-15-11-7-6-10(8-12(11)18-13)9-4-2-1-3-5-9/h1-8,16H. The smallest absolute Gasteiger partial charge is 0.515 e. The Bertz CT molecular complexity index is 669. The second-order valence-corrected chi connectivity index (χ2v) is 4.74. The SMILES string of the molecule is O[B]Oc1nc2ccc(-c3ccccc3)cc2s1. The molecule has 0 saturated heterocycles.